The SMILES string of the molecule is Cc1nc(C2(NCC(=O)N3CCN(C(=O)N(C)C)CC3)CCCCC2)no1. The van der Waals surface area contributed by atoms with Crippen LogP contribution in [0.4, 0.5) is 4.79 Å². The van der Waals surface area contributed by atoms with Gasteiger partial charge < -0.3 is 19.2 Å². The van der Waals surface area contributed by atoms with Gasteiger partial charge in [-0.05, 0) is 12.8 Å². The van der Waals surface area contributed by atoms with Gasteiger partial charge in [-0.25, -0.2) is 4.79 Å². The van der Waals surface area contributed by atoms with Gasteiger partial charge in [0.05, 0.1) is 12.1 Å². The van der Waals surface area contributed by atoms with E-state index in [2.05, 4.69) is 15.5 Å². The molecule has 0 aromatic carbocycles. The summed E-state index contributed by atoms with van der Waals surface area (Å²) in [6.07, 6.45) is 5.17. The Hall–Kier alpha value is -2.16. The summed E-state index contributed by atoms with van der Waals surface area (Å²) in [6, 6.07) is -0.00569. The number of hydrogen-bond donors (Lipinski definition) is 1. The topological polar surface area (TPSA) is 94.8 Å². The molecule has 1 aliphatic heterocycles. The van der Waals surface area contributed by atoms with E-state index in [1.807, 2.05) is 4.90 Å². The minimum absolute atomic E-state index is 0.00569. The highest BCUT2D eigenvalue weighted by Gasteiger charge is 2.38. The molecule has 2 heterocycles. The molecule has 2 aliphatic rings. The maximum atomic E-state index is 12.7. The monoisotopic (exact) mass is 378 g/mol. The van der Waals surface area contributed by atoms with E-state index < -0.39 is 0 Å². The second kappa shape index (κ2) is 8.24. The zero-order valence-corrected chi connectivity index (χ0v) is 16.5. The molecule has 0 spiro atoms. The van der Waals surface area contributed by atoms with E-state index in [4.69, 9.17) is 4.52 Å². The Labute approximate surface area is 160 Å². The lowest BCUT2D eigenvalue weighted by molar-refractivity contribution is -0.132. The summed E-state index contributed by atoms with van der Waals surface area (Å²) in [5, 5.41) is 7.57. The van der Waals surface area contributed by atoms with Crippen molar-refractivity contribution in [3.63, 3.8) is 0 Å². The number of aryl methyl sites for hydroxylation is 1. The molecule has 0 atom stereocenters. The van der Waals surface area contributed by atoms with Crippen molar-refractivity contribution in [1.29, 1.82) is 0 Å². The number of carbonyl (C=O) groups excluding carboxylic acids is 2. The lowest BCUT2D eigenvalue weighted by Crippen LogP contribution is -2.55. The van der Waals surface area contributed by atoms with E-state index >= 15 is 0 Å². The summed E-state index contributed by atoms with van der Waals surface area (Å²) in [5.74, 6) is 1.26. The number of piperazine rings is 1. The van der Waals surface area contributed by atoms with Crippen LogP contribution in [0.25, 0.3) is 0 Å². The molecule has 3 rings (SSSR count). The molecule has 2 fully saturated rings. The highest BCUT2D eigenvalue weighted by atomic mass is 16.5. The fourth-order valence-corrected chi connectivity index (χ4v) is 3.91. The molecule has 1 aromatic heterocycles. The first-order valence-corrected chi connectivity index (χ1v) is 9.71. The first kappa shape index (κ1) is 19.6. The smallest absolute Gasteiger partial charge is 0.319 e. The second-order valence-corrected chi connectivity index (χ2v) is 7.68. The van der Waals surface area contributed by atoms with Gasteiger partial charge in [-0.1, -0.05) is 24.4 Å². The Morgan fingerprint density at radius 3 is 2.30 bits per heavy atom. The van der Waals surface area contributed by atoms with Gasteiger partial charge in [0.15, 0.2) is 5.82 Å². The molecule has 1 N–H and O–H groups in total. The summed E-state index contributed by atoms with van der Waals surface area (Å²) in [6.45, 7) is 4.29. The van der Waals surface area contributed by atoms with Gasteiger partial charge in [0, 0.05) is 47.2 Å². The van der Waals surface area contributed by atoms with Crippen LogP contribution >= 0.6 is 0 Å². The van der Waals surface area contributed by atoms with Crippen LogP contribution in [0.5, 0.6) is 0 Å². The van der Waals surface area contributed by atoms with Crippen molar-refractivity contribution < 1.29 is 14.1 Å². The minimum atomic E-state index is -0.381. The normalized spacial score (nSPS) is 19.8. The standard InChI is InChI=1S/C18H30N6O3/c1-14-20-16(21-27-14)18(7-5-4-6-8-18)19-13-15(25)23-9-11-24(12-10-23)17(26)22(2)3/h19H,4-13H2,1-3H3. The molecule has 1 saturated carbocycles. The molecule has 9 nitrogen and oxygen atoms in total. The van der Waals surface area contributed by atoms with Gasteiger partial charge in [0.2, 0.25) is 11.8 Å². The summed E-state index contributed by atoms with van der Waals surface area (Å²) < 4.78 is 5.18. The van der Waals surface area contributed by atoms with Crippen molar-refractivity contribution in [2.24, 2.45) is 0 Å². The van der Waals surface area contributed by atoms with Crippen LogP contribution in [0.2, 0.25) is 0 Å². The van der Waals surface area contributed by atoms with Crippen LogP contribution in [0.1, 0.15) is 43.8 Å². The van der Waals surface area contributed by atoms with Crippen LogP contribution < -0.4 is 5.32 Å². The number of carbonyl (C=O) groups is 2. The first-order valence-electron chi connectivity index (χ1n) is 9.71. The molecular weight excluding hydrogens is 348 g/mol. The molecule has 0 unspecified atom stereocenters. The number of rotatable bonds is 4. The van der Waals surface area contributed by atoms with Gasteiger partial charge in [0.1, 0.15) is 0 Å². The zero-order chi connectivity index (χ0) is 19.4. The van der Waals surface area contributed by atoms with Crippen LogP contribution in [-0.4, -0.2) is 83.6 Å². The van der Waals surface area contributed by atoms with E-state index in [0.29, 0.717) is 37.9 Å². The molecule has 9 heteroatoms. The second-order valence-electron chi connectivity index (χ2n) is 7.68. The Balaban J connectivity index is 1.57. The molecule has 1 aromatic rings. The Morgan fingerprint density at radius 2 is 1.74 bits per heavy atom. The first-order chi connectivity index (χ1) is 12.9. The average molecular weight is 378 g/mol. The number of nitrogens with zero attached hydrogens (tertiary/aromatic N) is 5. The summed E-state index contributed by atoms with van der Waals surface area (Å²) >= 11 is 0. The summed E-state index contributed by atoms with van der Waals surface area (Å²) in [5.41, 5.74) is -0.381. The van der Waals surface area contributed by atoms with Crippen molar-refractivity contribution in [1.82, 2.24) is 30.2 Å². The summed E-state index contributed by atoms with van der Waals surface area (Å²) in [7, 11) is 3.49. The summed E-state index contributed by atoms with van der Waals surface area (Å²) in [4.78, 5) is 34.3. The largest absolute Gasteiger partial charge is 0.340 e. The Morgan fingerprint density at radius 1 is 1.11 bits per heavy atom. The van der Waals surface area contributed by atoms with Crippen molar-refractivity contribution in [2.75, 3.05) is 46.8 Å². The number of amides is 3. The van der Waals surface area contributed by atoms with Gasteiger partial charge in [0.25, 0.3) is 0 Å². The van der Waals surface area contributed by atoms with Crippen molar-refractivity contribution in [3.05, 3.63) is 11.7 Å². The van der Waals surface area contributed by atoms with Gasteiger partial charge in [-0.15, -0.1) is 0 Å². The zero-order valence-electron chi connectivity index (χ0n) is 16.5. The van der Waals surface area contributed by atoms with Crippen LogP contribution in [0, 0.1) is 6.92 Å². The minimum Gasteiger partial charge on any atom is -0.340 e. The third-order valence-corrected chi connectivity index (χ3v) is 5.53. The lowest BCUT2D eigenvalue weighted by Gasteiger charge is -2.38. The lowest BCUT2D eigenvalue weighted by atomic mass is 9.81. The fraction of sp³-hybridized carbons (Fsp3) is 0.778. The van der Waals surface area contributed by atoms with E-state index in [9.17, 15) is 9.59 Å². The number of aromatic nitrogens is 2. The fourth-order valence-electron chi connectivity index (χ4n) is 3.91. The highest BCUT2D eigenvalue weighted by Crippen LogP contribution is 2.35. The third-order valence-electron chi connectivity index (χ3n) is 5.53. The Kier molecular flexibility index (Phi) is 5.98. The van der Waals surface area contributed by atoms with Gasteiger partial charge >= 0.3 is 6.03 Å². The van der Waals surface area contributed by atoms with E-state index in [1.54, 1.807) is 30.8 Å². The predicted octanol–water partition coefficient (Wildman–Crippen LogP) is 0.953. The van der Waals surface area contributed by atoms with E-state index in [-0.39, 0.29) is 24.0 Å². The number of hydrogen-bond acceptors (Lipinski definition) is 6. The van der Waals surface area contributed by atoms with Gasteiger partial charge in [-0.2, -0.15) is 4.98 Å². The average Bonchev–Trinajstić information content (AvgIpc) is 3.13. The van der Waals surface area contributed by atoms with Crippen molar-refractivity contribution in [3.8, 4) is 0 Å². The van der Waals surface area contributed by atoms with E-state index in [0.717, 1.165) is 25.7 Å². The van der Waals surface area contributed by atoms with Crippen LogP contribution in [0.15, 0.2) is 4.52 Å². The maximum absolute atomic E-state index is 12.7. The Bertz CT molecular complexity index is 660. The molecule has 3 amide bonds. The van der Waals surface area contributed by atoms with E-state index in [1.165, 1.54) is 6.42 Å². The van der Waals surface area contributed by atoms with Crippen molar-refractivity contribution >= 4 is 11.9 Å². The van der Waals surface area contributed by atoms with Gasteiger partial charge in [-0.3, -0.25) is 10.1 Å². The molecule has 1 saturated heterocycles. The molecule has 0 bridgehead atoms. The number of nitrogens with one attached hydrogen (secondary N) is 1. The maximum Gasteiger partial charge on any atom is 0.319 e. The molecule has 150 valence electrons. The molecular formula is C18H30N6O3. The predicted molar refractivity (Wildman–Crippen MR) is 99.0 cm³/mol. The molecule has 0 radical (unpaired) electrons. The molecule has 27 heavy (non-hydrogen) atoms. The third kappa shape index (κ3) is 4.40. The van der Waals surface area contributed by atoms with Crippen LogP contribution in [0.3, 0.4) is 0 Å². The number of urea groups is 1. The van der Waals surface area contributed by atoms with Crippen molar-refractivity contribution in [2.45, 2.75) is 44.6 Å². The quantitative estimate of drug-likeness (QED) is 0.838. The highest BCUT2D eigenvalue weighted by molar-refractivity contribution is 5.79. The van der Waals surface area contributed by atoms with Crippen LogP contribution in [-0.2, 0) is 10.3 Å². The molecule has 1 aliphatic carbocycles.